The van der Waals surface area contributed by atoms with E-state index in [1.54, 1.807) is 7.11 Å². The maximum atomic E-state index is 12.4. The Morgan fingerprint density at radius 2 is 1.84 bits per heavy atom. The van der Waals surface area contributed by atoms with Gasteiger partial charge in [0.2, 0.25) is 0 Å². The molecule has 0 bridgehead atoms. The van der Waals surface area contributed by atoms with Gasteiger partial charge in [0.05, 0.1) is 12.3 Å². The van der Waals surface area contributed by atoms with Crippen LogP contribution in [-0.2, 0) is 17.8 Å². The normalized spacial score (nSPS) is 14.4. The number of carbonyl (C=O) groups is 1. The number of rotatable bonds is 7. The van der Waals surface area contributed by atoms with Gasteiger partial charge < -0.3 is 19.9 Å². The molecule has 2 aromatic rings. The van der Waals surface area contributed by atoms with Crippen molar-refractivity contribution in [2.45, 2.75) is 59.6 Å². The summed E-state index contributed by atoms with van der Waals surface area (Å²) in [5.41, 5.74) is 4.53. The molecule has 1 aliphatic heterocycles. The maximum Gasteiger partial charge on any atom is 0.317 e. The minimum Gasteiger partial charge on any atom is -0.378 e. The smallest absolute Gasteiger partial charge is 0.317 e. The van der Waals surface area contributed by atoms with Crippen molar-refractivity contribution in [3.63, 3.8) is 0 Å². The molecule has 2 heterocycles. The maximum absolute atomic E-state index is 12.4. The average Bonchev–Trinajstić information content (AvgIpc) is 2.74. The van der Waals surface area contributed by atoms with Gasteiger partial charge >= 0.3 is 6.03 Å². The lowest BCUT2D eigenvalue weighted by Crippen LogP contribution is -2.53. The fraction of sp³-hybridized carbons (Fsp3) is 0.560. The molecular formula is C25H37N5O2. The Morgan fingerprint density at radius 1 is 1.12 bits per heavy atom. The van der Waals surface area contributed by atoms with E-state index >= 15 is 0 Å². The van der Waals surface area contributed by atoms with E-state index in [0.717, 1.165) is 42.4 Å². The van der Waals surface area contributed by atoms with Gasteiger partial charge in [0.1, 0.15) is 11.6 Å². The number of carbonyl (C=O) groups excluding carboxylic acids is 1. The number of benzene rings is 1. The zero-order valence-corrected chi connectivity index (χ0v) is 20.3. The highest BCUT2D eigenvalue weighted by Gasteiger charge is 2.26. The molecule has 0 saturated carbocycles. The lowest BCUT2D eigenvalue weighted by atomic mass is 10.0. The summed E-state index contributed by atoms with van der Waals surface area (Å²) >= 11 is 0. The van der Waals surface area contributed by atoms with Crippen LogP contribution in [-0.4, -0.2) is 60.2 Å². The summed E-state index contributed by atoms with van der Waals surface area (Å²) in [6.45, 7) is 13.6. The molecule has 7 nitrogen and oxygen atoms in total. The predicted molar refractivity (Wildman–Crippen MR) is 128 cm³/mol. The number of aryl methyl sites for hydroxylation is 1. The molecule has 1 aliphatic rings. The minimum atomic E-state index is 0.00487. The van der Waals surface area contributed by atoms with Gasteiger partial charge in [0.15, 0.2) is 0 Å². The number of anilines is 1. The van der Waals surface area contributed by atoms with Crippen molar-refractivity contribution in [2.24, 2.45) is 0 Å². The Balaban J connectivity index is 1.93. The van der Waals surface area contributed by atoms with Crippen LogP contribution in [0.3, 0.4) is 0 Å². The number of hydrogen-bond donors (Lipinski definition) is 1. The molecule has 1 saturated heterocycles. The molecule has 0 atom stereocenters. The van der Waals surface area contributed by atoms with Crippen molar-refractivity contribution in [1.82, 2.24) is 20.2 Å². The Morgan fingerprint density at radius 3 is 2.44 bits per heavy atom. The third kappa shape index (κ3) is 5.97. The number of amides is 2. The van der Waals surface area contributed by atoms with Gasteiger partial charge in [0.25, 0.3) is 0 Å². The van der Waals surface area contributed by atoms with Crippen molar-refractivity contribution in [2.75, 3.05) is 38.2 Å². The van der Waals surface area contributed by atoms with Crippen LogP contribution in [0.15, 0.2) is 24.3 Å². The van der Waals surface area contributed by atoms with Crippen molar-refractivity contribution < 1.29 is 9.53 Å². The molecule has 1 N–H and O–H groups in total. The van der Waals surface area contributed by atoms with E-state index < -0.39 is 0 Å². The summed E-state index contributed by atoms with van der Waals surface area (Å²) < 4.78 is 5.52. The molecule has 1 fully saturated rings. The molecule has 174 valence electrons. The molecule has 3 rings (SSSR count). The number of ether oxygens (including phenoxy) is 1. The molecule has 32 heavy (non-hydrogen) atoms. The molecule has 0 unspecified atom stereocenters. The Kier molecular flexibility index (Phi) is 8.07. The van der Waals surface area contributed by atoms with Crippen LogP contribution >= 0.6 is 0 Å². The van der Waals surface area contributed by atoms with Gasteiger partial charge in [-0.15, -0.1) is 0 Å². The summed E-state index contributed by atoms with van der Waals surface area (Å²) in [5.74, 6) is 2.02. The van der Waals surface area contributed by atoms with Gasteiger partial charge in [-0.3, -0.25) is 0 Å². The fourth-order valence-electron chi connectivity index (χ4n) is 3.98. The highest BCUT2D eigenvalue weighted by molar-refractivity contribution is 5.74. The molecule has 0 radical (unpaired) electrons. The van der Waals surface area contributed by atoms with Gasteiger partial charge in [-0.25, -0.2) is 14.8 Å². The van der Waals surface area contributed by atoms with Crippen molar-refractivity contribution in [3.8, 4) is 0 Å². The number of hydrogen-bond acceptors (Lipinski definition) is 5. The quantitative estimate of drug-likeness (QED) is 0.709. The predicted octanol–water partition coefficient (Wildman–Crippen LogP) is 3.89. The van der Waals surface area contributed by atoms with Gasteiger partial charge in [-0.2, -0.15) is 0 Å². The zero-order chi connectivity index (χ0) is 23.3. The van der Waals surface area contributed by atoms with E-state index in [1.807, 2.05) is 18.7 Å². The van der Waals surface area contributed by atoms with E-state index in [2.05, 4.69) is 55.3 Å². The van der Waals surface area contributed by atoms with E-state index in [-0.39, 0.29) is 18.0 Å². The number of methoxy groups -OCH3 is 1. The van der Waals surface area contributed by atoms with E-state index in [0.29, 0.717) is 19.7 Å². The highest BCUT2D eigenvalue weighted by Crippen LogP contribution is 2.28. The first-order valence-electron chi connectivity index (χ1n) is 11.5. The van der Waals surface area contributed by atoms with Crippen molar-refractivity contribution in [3.05, 3.63) is 52.5 Å². The van der Waals surface area contributed by atoms with E-state index in [1.165, 1.54) is 11.1 Å². The molecule has 0 spiro atoms. The molecule has 1 aromatic heterocycles. The van der Waals surface area contributed by atoms with E-state index in [9.17, 15) is 4.79 Å². The van der Waals surface area contributed by atoms with Crippen LogP contribution < -0.4 is 10.2 Å². The summed E-state index contributed by atoms with van der Waals surface area (Å²) in [7, 11) is 1.71. The van der Waals surface area contributed by atoms with Crippen LogP contribution in [0.1, 0.15) is 61.8 Å². The largest absolute Gasteiger partial charge is 0.378 e. The second kappa shape index (κ2) is 10.8. The second-order valence-electron chi connectivity index (χ2n) is 9.16. The summed E-state index contributed by atoms with van der Waals surface area (Å²) in [6, 6.07) is 8.71. The van der Waals surface area contributed by atoms with Crippen LogP contribution in [0.2, 0.25) is 0 Å². The number of aromatic nitrogens is 2. The fourth-order valence-corrected chi connectivity index (χ4v) is 3.98. The Bertz CT molecular complexity index is 921. The van der Waals surface area contributed by atoms with Crippen LogP contribution in [0.5, 0.6) is 0 Å². The van der Waals surface area contributed by atoms with Crippen LogP contribution in [0, 0.1) is 6.92 Å². The third-order valence-corrected chi connectivity index (χ3v) is 5.63. The number of nitrogens with zero attached hydrogens (tertiary/aromatic N) is 4. The summed E-state index contributed by atoms with van der Waals surface area (Å²) in [4.78, 5) is 26.5. The number of piperazine rings is 1. The molecular weight excluding hydrogens is 402 g/mol. The summed E-state index contributed by atoms with van der Waals surface area (Å²) in [6.07, 6.45) is 0.752. The third-order valence-electron chi connectivity index (χ3n) is 5.63. The standard InChI is InChI=1S/C25H37N5O2/c1-17(2)23-27-22(16-32-6)21(15-20-9-7-8-19(5)14-20)24(28-23)29-10-12-30(13-11-29)25(31)26-18(3)4/h7-9,14,17-18H,10-13,15-16H2,1-6H3,(H,26,31). The topological polar surface area (TPSA) is 70.6 Å². The van der Waals surface area contributed by atoms with Gasteiger partial charge in [-0.05, 0) is 26.3 Å². The SMILES string of the molecule is COCc1nc(C(C)C)nc(N2CCN(C(=O)NC(C)C)CC2)c1Cc1cccc(C)c1. The zero-order valence-electron chi connectivity index (χ0n) is 20.3. The monoisotopic (exact) mass is 439 g/mol. The van der Waals surface area contributed by atoms with Crippen LogP contribution in [0.25, 0.3) is 0 Å². The Hall–Kier alpha value is -2.67. The lowest BCUT2D eigenvalue weighted by Gasteiger charge is -2.37. The Labute approximate surface area is 192 Å². The number of nitrogens with one attached hydrogen (secondary N) is 1. The molecule has 7 heteroatoms. The second-order valence-corrected chi connectivity index (χ2v) is 9.16. The first kappa shape index (κ1) is 24.0. The van der Waals surface area contributed by atoms with Crippen LogP contribution in [0.4, 0.5) is 10.6 Å². The average molecular weight is 440 g/mol. The highest BCUT2D eigenvalue weighted by atomic mass is 16.5. The molecule has 1 aromatic carbocycles. The minimum absolute atomic E-state index is 0.00487. The first-order valence-corrected chi connectivity index (χ1v) is 11.5. The first-order chi connectivity index (χ1) is 15.3. The molecule has 0 aliphatic carbocycles. The van der Waals surface area contributed by atoms with Gasteiger partial charge in [-0.1, -0.05) is 43.7 Å². The summed E-state index contributed by atoms with van der Waals surface area (Å²) in [5, 5.41) is 2.99. The van der Waals surface area contributed by atoms with Crippen molar-refractivity contribution in [1.29, 1.82) is 0 Å². The molecule has 2 amide bonds. The van der Waals surface area contributed by atoms with Crippen molar-refractivity contribution >= 4 is 11.8 Å². The lowest BCUT2D eigenvalue weighted by molar-refractivity contribution is 0.180. The van der Waals surface area contributed by atoms with E-state index in [4.69, 9.17) is 14.7 Å². The number of urea groups is 1. The van der Waals surface area contributed by atoms with Gasteiger partial charge in [0, 0.05) is 57.2 Å².